The van der Waals surface area contributed by atoms with Crippen LogP contribution in [0.5, 0.6) is 5.75 Å². The zero-order valence-corrected chi connectivity index (χ0v) is 18.6. The average molecular weight is 421 g/mol. The molecule has 0 bridgehead atoms. The number of aromatic nitrogens is 1. The predicted molar refractivity (Wildman–Crippen MR) is 123 cm³/mol. The predicted octanol–water partition coefficient (Wildman–Crippen LogP) is 5.98. The highest BCUT2D eigenvalue weighted by Gasteiger charge is 2.18. The van der Waals surface area contributed by atoms with Crippen molar-refractivity contribution >= 4 is 17.2 Å². The molecule has 0 spiro atoms. The number of thiazole rings is 1. The molecule has 0 aliphatic rings. The summed E-state index contributed by atoms with van der Waals surface area (Å²) in [6.45, 7) is 11.4. The number of nitrogens with zero attached hydrogens (tertiary/aromatic N) is 2. The van der Waals surface area contributed by atoms with Gasteiger partial charge in [0, 0.05) is 17.5 Å². The number of rotatable bonds is 9. The number of ether oxygens (including phenoxy) is 1. The van der Waals surface area contributed by atoms with Gasteiger partial charge in [0.15, 0.2) is 0 Å². The van der Waals surface area contributed by atoms with Gasteiger partial charge in [-0.05, 0) is 36.1 Å². The normalized spacial score (nSPS) is 10.8. The highest BCUT2D eigenvalue weighted by Crippen LogP contribution is 2.27. The van der Waals surface area contributed by atoms with Crippen molar-refractivity contribution in [3.8, 4) is 5.75 Å². The molecule has 156 valence electrons. The molecule has 1 amide bonds. The van der Waals surface area contributed by atoms with Crippen molar-refractivity contribution in [1.82, 2.24) is 9.88 Å². The maximum atomic E-state index is 13.0. The zero-order valence-electron chi connectivity index (χ0n) is 17.8. The lowest BCUT2D eigenvalue weighted by Crippen LogP contribution is -2.31. The molecule has 0 unspecified atom stereocenters. The fourth-order valence-corrected chi connectivity index (χ4v) is 3.97. The van der Waals surface area contributed by atoms with E-state index >= 15 is 0 Å². The summed E-state index contributed by atoms with van der Waals surface area (Å²) >= 11 is 1.55. The van der Waals surface area contributed by atoms with Gasteiger partial charge in [-0.3, -0.25) is 4.79 Å². The Morgan fingerprint density at radius 1 is 1.20 bits per heavy atom. The molecule has 3 rings (SSSR count). The maximum absolute atomic E-state index is 13.0. The average Bonchev–Trinajstić information content (AvgIpc) is 3.19. The monoisotopic (exact) mass is 420 g/mol. The summed E-state index contributed by atoms with van der Waals surface area (Å²) in [5.41, 5.74) is 3.73. The first-order valence-corrected chi connectivity index (χ1v) is 11.0. The summed E-state index contributed by atoms with van der Waals surface area (Å²) in [5, 5.41) is 2.89. The SMILES string of the molecule is C=CCN(Cc1csc(COc2ccccc2C(C)C)n1)C(=O)c1ccccc1C. The van der Waals surface area contributed by atoms with Gasteiger partial charge in [0.05, 0.1) is 12.2 Å². The summed E-state index contributed by atoms with van der Waals surface area (Å²) in [4.78, 5) is 19.5. The van der Waals surface area contributed by atoms with Crippen LogP contribution in [0.4, 0.5) is 0 Å². The number of hydrogen-bond acceptors (Lipinski definition) is 4. The molecule has 4 nitrogen and oxygen atoms in total. The van der Waals surface area contributed by atoms with Gasteiger partial charge in [0.25, 0.3) is 5.91 Å². The van der Waals surface area contributed by atoms with Crippen LogP contribution in [0.2, 0.25) is 0 Å². The van der Waals surface area contributed by atoms with E-state index in [0.717, 1.165) is 22.0 Å². The zero-order chi connectivity index (χ0) is 21.5. The first-order chi connectivity index (χ1) is 14.5. The molecule has 0 fully saturated rings. The van der Waals surface area contributed by atoms with Crippen molar-refractivity contribution in [2.45, 2.75) is 39.8 Å². The van der Waals surface area contributed by atoms with Gasteiger partial charge < -0.3 is 9.64 Å². The molecule has 1 heterocycles. The molecule has 0 saturated heterocycles. The molecule has 30 heavy (non-hydrogen) atoms. The molecule has 0 saturated carbocycles. The van der Waals surface area contributed by atoms with Gasteiger partial charge >= 0.3 is 0 Å². The lowest BCUT2D eigenvalue weighted by Gasteiger charge is -2.21. The van der Waals surface area contributed by atoms with E-state index in [1.165, 1.54) is 5.56 Å². The molecule has 0 aliphatic heterocycles. The van der Waals surface area contributed by atoms with Crippen LogP contribution in [0.1, 0.15) is 52.0 Å². The Morgan fingerprint density at radius 3 is 2.67 bits per heavy atom. The molecule has 1 aromatic heterocycles. The minimum Gasteiger partial charge on any atom is -0.486 e. The van der Waals surface area contributed by atoms with E-state index in [1.807, 2.05) is 54.8 Å². The van der Waals surface area contributed by atoms with Crippen molar-refractivity contribution in [2.24, 2.45) is 0 Å². The largest absolute Gasteiger partial charge is 0.486 e. The summed E-state index contributed by atoms with van der Waals surface area (Å²) in [6.07, 6.45) is 1.75. The third-order valence-corrected chi connectivity index (χ3v) is 5.73. The van der Waals surface area contributed by atoms with Gasteiger partial charge in [-0.25, -0.2) is 4.98 Å². The number of aryl methyl sites for hydroxylation is 1. The second kappa shape index (κ2) is 10.2. The van der Waals surface area contributed by atoms with Crippen LogP contribution < -0.4 is 4.74 Å². The van der Waals surface area contributed by atoms with Crippen molar-refractivity contribution in [1.29, 1.82) is 0 Å². The van der Waals surface area contributed by atoms with Crippen molar-refractivity contribution in [3.63, 3.8) is 0 Å². The number of benzene rings is 2. The lowest BCUT2D eigenvalue weighted by molar-refractivity contribution is 0.0760. The van der Waals surface area contributed by atoms with Crippen LogP contribution in [0.15, 0.2) is 66.6 Å². The number of amides is 1. The van der Waals surface area contributed by atoms with Gasteiger partial charge in [-0.2, -0.15) is 0 Å². The maximum Gasteiger partial charge on any atom is 0.254 e. The quantitative estimate of drug-likeness (QED) is 0.400. The number of carbonyl (C=O) groups is 1. The first-order valence-electron chi connectivity index (χ1n) is 10.1. The summed E-state index contributed by atoms with van der Waals surface area (Å²) in [7, 11) is 0. The standard InChI is InChI=1S/C25H28N2O2S/c1-5-14-27(25(28)22-12-7-6-10-19(22)4)15-20-17-30-24(26-20)16-29-23-13-9-8-11-21(23)18(2)3/h5-13,17-18H,1,14-16H2,2-4H3. The highest BCUT2D eigenvalue weighted by atomic mass is 32.1. The fraction of sp³-hybridized carbons (Fsp3) is 0.280. The van der Waals surface area contributed by atoms with Crippen molar-refractivity contribution < 1.29 is 9.53 Å². The molecule has 2 aromatic carbocycles. The fourth-order valence-electron chi connectivity index (χ4n) is 3.27. The molecular formula is C25H28N2O2S. The Labute approximate surface area is 182 Å². The minimum absolute atomic E-state index is 0.00957. The van der Waals surface area contributed by atoms with E-state index in [9.17, 15) is 4.79 Å². The van der Waals surface area contributed by atoms with Gasteiger partial charge in [-0.15, -0.1) is 17.9 Å². The van der Waals surface area contributed by atoms with Gasteiger partial charge in [0.1, 0.15) is 17.4 Å². The topological polar surface area (TPSA) is 42.4 Å². The molecular weight excluding hydrogens is 392 g/mol. The molecule has 0 atom stereocenters. The minimum atomic E-state index is -0.00957. The molecule has 0 N–H and O–H groups in total. The smallest absolute Gasteiger partial charge is 0.254 e. The lowest BCUT2D eigenvalue weighted by atomic mass is 10.0. The Bertz CT molecular complexity index is 1010. The van der Waals surface area contributed by atoms with E-state index in [0.29, 0.717) is 31.2 Å². The van der Waals surface area contributed by atoms with Gasteiger partial charge in [0.2, 0.25) is 0 Å². The first kappa shape index (κ1) is 21.8. The third kappa shape index (κ3) is 5.36. The third-order valence-electron chi connectivity index (χ3n) is 4.86. The second-order valence-corrected chi connectivity index (χ2v) is 8.45. The molecule has 0 radical (unpaired) electrons. The Hall–Kier alpha value is -2.92. The Morgan fingerprint density at radius 2 is 1.93 bits per heavy atom. The molecule has 0 aliphatic carbocycles. The van der Waals surface area contributed by atoms with E-state index in [4.69, 9.17) is 4.74 Å². The second-order valence-electron chi connectivity index (χ2n) is 7.50. The summed E-state index contributed by atoms with van der Waals surface area (Å²) in [5.74, 6) is 1.28. The van der Waals surface area contributed by atoms with Crippen molar-refractivity contribution in [2.75, 3.05) is 6.54 Å². The summed E-state index contributed by atoms with van der Waals surface area (Å²) < 4.78 is 6.03. The Balaban J connectivity index is 1.68. The Kier molecular flexibility index (Phi) is 7.41. The number of carbonyl (C=O) groups excluding carboxylic acids is 1. The van der Waals surface area contributed by atoms with Crippen LogP contribution >= 0.6 is 11.3 Å². The van der Waals surface area contributed by atoms with Crippen LogP contribution in [-0.2, 0) is 13.2 Å². The van der Waals surface area contributed by atoms with Crippen LogP contribution in [0.3, 0.4) is 0 Å². The van der Waals surface area contributed by atoms with Crippen LogP contribution in [-0.4, -0.2) is 22.3 Å². The molecule has 5 heteroatoms. The van der Waals surface area contributed by atoms with Gasteiger partial charge in [-0.1, -0.05) is 56.3 Å². The van der Waals surface area contributed by atoms with E-state index < -0.39 is 0 Å². The number of para-hydroxylation sites is 1. The molecule has 3 aromatic rings. The highest BCUT2D eigenvalue weighted by molar-refractivity contribution is 7.09. The van der Waals surface area contributed by atoms with Crippen molar-refractivity contribution in [3.05, 3.63) is 94.0 Å². The van der Waals surface area contributed by atoms with Crippen LogP contribution in [0, 0.1) is 6.92 Å². The number of hydrogen-bond donors (Lipinski definition) is 0. The van der Waals surface area contributed by atoms with E-state index in [2.05, 4.69) is 31.5 Å². The summed E-state index contributed by atoms with van der Waals surface area (Å²) in [6, 6.07) is 15.7. The van der Waals surface area contributed by atoms with E-state index in [-0.39, 0.29) is 5.91 Å². The van der Waals surface area contributed by atoms with Crippen LogP contribution in [0.25, 0.3) is 0 Å². The van der Waals surface area contributed by atoms with E-state index in [1.54, 1.807) is 22.3 Å².